The van der Waals surface area contributed by atoms with Crippen molar-refractivity contribution in [3.05, 3.63) is 64.7 Å². The number of carbonyl (C=O) groups excluding carboxylic acids is 1. The third kappa shape index (κ3) is 3.19. The van der Waals surface area contributed by atoms with Crippen molar-refractivity contribution < 1.29 is 4.79 Å². The number of benzene rings is 2. The molecular weight excluding hydrogens is 346 g/mol. The largest absolute Gasteiger partial charge is 0.362 e. The highest BCUT2D eigenvalue weighted by molar-refractivity contribution is 6.30. The molecule has 0 unspecified atom stereocenters. The predicted molar refractivity (Wildman–Crippen MR) is 106 cm³/mol. The second-order valence-electron chi connectivity index (χ2n) is 7.28. The summed E-state index contributed by atoms with van der Waals surface area (Å²) >= 11 is 5.95. The van der Waals surface area contributed by atoms with Gasteiger partial charge in [-0.15, -0.1) is 0 Å². The summed E-state index contributed by atoms with van der Waals surface area (Å²) in [6.07, 6.45) is 2.89. The molecule has 0 atom stereocenters. The van der Waals surface area contributed by atoms with Crippen LogP contribution in [-0.2, 0) is 6.42 Å². The summed E-state index contributed by atoms with van der Waals surface area (Å²) in [5, 5.41) is 4.44. The quantitative estimate of drug-likeness (QED) is 0.892. The zero-order valence-electron chi connectivity index (χ0n) is 15.0. The number of anilines is 1. The lowest BCUT2D eigenvalue weighted by atomic mass is 9.90. The maximum Gasteiger partial charge on any atom is 0.257 e. The number of nitrogens with one attached hydrogen (secondary N) is 1. The van der Waals surface area contributed by atoms with Crippen molar-refractivity contribution in [1.29, 1.82) is 0 Å². The first-order valence-electron chi connectivity index (χ1n) is 9.20. The van der Waals surface area contributed by atoms with E-state index in [9.17, 15) is 4.79 Å². The highest BCUT2D eigenvalue weighted by Crippen LogP contribution is 2.36. The number of piperidine rings is 1. The molecule has 2 aromatic rings. The highest BCUT2D eigenvalue weighted by Gasteiger charge is 2.44. The monoisotopic (exact) mass is 369 g/mol. The molecule has 5 heteroatoms. The molecule has 1 spiro atoms. The number of carbonyl (C=O) groups is 1. The van der Waals surface area contributed by atoms with Crippen molar-refractivity contribution in [2.75, 3.05) is 32.0 Å². The lowest BCUT2D eigenvalue weighted by molar-refractivity contribution is 0.0377. The van der Waals surface area contributed by atoms with Crippen LogP contribution in [0.5, 0.6) is 0 Å². The minimum atomic E-state index is -0.262. The Kier molecular flexibility index (Phi) is 4.63. The van der Waals surface area contributed by atoms with Gasteiger partial charge in [0.05, 0.1) is 5.56 Å². The summed E-state index contributed by atoms with van der Waals surface area (Å²) in [7, 11) is 1.93. The van der Waals surface area contributed by atoms with Gasteiger partial charge in [-0.2, -0.15) is 0 Å². The summed E-state index contributed by atoms with van der Waals surface area (Å²) in [5.41, 5.74) is 2.78. The number of hydrogen-bond donors (Lipinski definition) is 1. The van der Waals surface area contributed by atoms with Crippen LogP contribution in [0.1, 0.15) is 28.8 Å². The van der Waals surface area contributed by atoms with Crippen LogP contribution < -0.4 is 5.32 Å². The van der Waals surface area contributed by atoms with Gasteiger partial charge in [-0.3, -0.25) is 4.79 Å². The zero-order valence-corrected chi connectivity index (χ0v) is 15.8. The number of rotatable bonds is 3. The number of amides is 1. The number of nitrogens with zero attached hydrogens (tertiary/aromatic N) is 2. The molecule has 0 bridgehead atoms. The Morgan fingerprint density at radius 2 is 1.77 bits per heavy atom. The molecule has 2 heterocycles. The van der Waals surface area contributed by atoms with Crippen LogP contribution in [0.25, 0.3) is 0 Å². The van der Waals surface area contributed by atoms with Crippen LogP contribution in [0, 0.1) is 0 Å². The molecule has 2 aromatic carbocycles. The summed E-state index contributed by atoms with van der Waals surface area (Å²) < 4.78 is 0. The van der Waals surface area contributed by atoms with E-state index in [0.29, 0.717) is 0 Å². The third-order valence-electron chi connectivity index (χ3n) is 5.78. The minimum absolute atomic E-state index is 0.119. The molecule has 1 N–H and O–H groups in total. The molecule has 4 nitrogen and oxygen atoms in total. The maximum absolute atomic E-state index is 12.8. The van der Waals surface area contributed by atoms with Gasteiger partial charge in [0.1, 0.15) is 5.66 Å². The smallest absolute Gasteiger partial charge is 0.257 e. The molecule has 2 aliphatic rings. The van der Waals surface area contributed by atoms with Crippen molar-refractivity contribution in [2.24, 2.45) is 0 Å². The van der Waals surface area contributed by atoms with Crippen molar-refractivity contribution in [2.45, 2.75) is 24.9 Å². The van der Waals surface area contributed by atoms with E-state index >= 15 is 0 Å². The van der Waals surface area contributed by atoms with E-state index in [1.807, 2.05) is 48.3 Å². The van der Waals surface area contributed by atoms with Crippen LogP contribution in [0.15, 0.2) is 48.5 Å². The molecule has 4 rings (SSSR count). The molecule has 0 aliphatic carbocycles. The Morgan fingerprint density at radius 1 is 1.08 bits per heavy atom. The van der Waals surface area contributed by atoms with Gasteiger partial charge in [-0.25, -0.2) is 0 Å². The molecule has 26 heavy (non-hydrogen) atoms. The molecule has 136 valence electrons. The Labute approximate surface area is 159 Å². The number of likely N-dealkylation sites (tertiary alicyclic amines) is 1. The average Bonchev–Trinajstić information content (AvgIpc) is 2.67. The lowest BCUT2D eigenvalue weighted by Crippen LogP contribution is -2.62. The van der Waals surface area contributed by atoms with Crippen LogP contribution in [-0.4, -0.2) is 48.1 Å². The van der Waals surface area contributed by atoms with Crippen molar-refractivity contribution >= 4 is 23.2 Å². The van der Waals surface area contributed by atoms with Crippen LogP contribution in [0.2, 0.25) is 5.02 Å². The van der Waals surface area contributed by atoms with Crippen LogP contribution in [0.4, 0.5) is 5.69 Å². The summed E-state index contributed by atoms with van der Waals surface area (Å²) in [6.45, 7) is 3.01. The zero-order chi connectivity index (χ0) is 18.1. The Morgan fingerprint density at radius 3 is 2.50 bits per heavy atom. The molecule has 1 saturated heterocycles. The average molecular weight is 370 g/mol. The summed E-state index contributed by atoms with van der Waals surface area (Å²) in [5.74, 6) is 0.119. The molecule has 0 radical (unpaired) electrons. The van der Waals surface area contributed by atoms with E-state index < -0.39 is 0 Å². The fraction of sp³-hybridized carbons (Fsp3) is 0.381. The van der Waals surface area contributed by atoms with Gasteiger partial charge in [0.2, 0.25) is 0 Å². The van der Waals surface area contributed by atoms with Gasteiger partial charge in [-0.1, -0.05) is 35.9 Å². The number of hydrogen-bond acceptors (Lipinski definition) is 3. The van der Waals surface area contributed by atoms with Gasteiger partial charge in [0.15, 0.2) is 0 Å². The Hall–Kier alpha value is -2.04. The van der Waals surface area contributed by atoms with Gasteiger partial charge >= 0.3 is 0 Å². The molecule has 1 fully saturated rings. The second-order valence-corrected chi connectivity index (χ2v) is 7.72. The number of para-hydroxylation sites is 1. The van der Waals surface area contributed by atoms with Crippen molar-refractivity contribution in [3.8, 4) is 0 Å². The fourth-order valence-electron chi connectivity index (χ4n) is 4.03. The molecule has 0 saturated carbocycles. The van der Waals surface area contributed by atoms with Gasteiger partial charge in [0, 0.05) is 50.2 Å². The Balaban J connectivity index is 1.40. The van der Waals surface area contributed by atoms with E-state index in [2.05, 4.69) is 22.3 Å². The molecule has 2 aliphatic heterocycles. The van der Waals surface area contributed by atoms with E-state index in [1.165, 1.54) is 5.56 Å². The SMILES string of the molecule is CN1C(=O)c2ccccc2NC12CCN(CCc1ccc(Cl)cc1)CC2. The number of fused-ring (bicyclic) bond motifs is 1. The minimum Gasteiger partial charge on any atom is -0.362 e. The molecule has 0 aromatic heterocycles. The molecule has 1 amide bonds. The fourth-order valence-corrected chi connectivity index (χ4v) is 4.16. The van der Waals surface area contributed by atoms with E-state index in [4.69, 9.17) is 11.6 Å². The van der Waals surface area contributed by atoms with Crippen LogP contribution in [0.3, 0.4) is 0 Å². The van der Waals surface area contributed by atoms with Crippen molar-refractivity contribution in [3.63, 3.8) is 0 Å². The normalized spacial score (nSPS) is 19.3. The van der Waals surface area contributed by atoms with E-state index in [-0.39, 0.29) is 11.6 Å². The van der Waals surface area contributed by atoms with Gasteiger partial charge in [-0.05, 0) is 36.2 Å². The predicted octanol–water partition coefficient (Wildman–Crippen LogP) is 3.87. The first kappa shape index (κ1) is 17.4. The third-order valence-corrected chi connectivity index (χ3v) is 6.04. The van der Waals surface area contributed by atoms with E-state index in [1.54, 1.807) is 0 Å². The summed E-state index contributed by atoms with van der Waals surface area (Å²) in [6, 6.07) is 15.9. The topological polar surface area (TPSA) is 35.6 Å². The Bertz CT molecular complexity index is 797. The second kappa shape index (κ2) is 6.93. The standard InChI is InChI=1S/C21H24ClN3O/c1-24-20(26)18-4-2-3-5-19(18)23-21(24)11-14-25(15-12-21)13-10-16-6-8-17(22)9-7-16/h2-9,23H,10-15H2,1H3. The van der Waals surface area contributed by atoms with Crippen molar-refractivity contribution in [1.82, 2.24) is 9.80 Å². The maximum atomic E-state index is 12.8. The molecular formula is C21H24ClN3O. The van der Waals surface area contributed by atoms with Crippen LogP contribution >= 0.6 is 11.6 Å². The van der Waals surface area contributed by atoms with Gasteiger partial charge < -0.3 is 15.1 Å². The summed E-state index contributed by atoms with van der Waals surface area (Å²) in [4.78, 5) is 17.2. The van der Waals surface area contributed by atoms with E-state index in [0.717, 1.165) is 55.2 Å². The number of halogens is 1. The first-order valence-corrected chi connectivity index (χ1v) is 9.57. The highest BCUT2D eigenvalue weighted by atomic mass is 35.5. The lowest BCUT2D eigenvalue weighted by Gasteiger charge is -2.51. The van der Waals surface area contributed by atoms with Gasteiger partial charge in [0.25, 0.3) is 5.91 Å². The first-order chi connectivity index (χ1) is 12.6.